The summed E-state index contributed by atoms with van der Waals surface area (Å²) < 4.78 is 0. The number of aliphatic carboxylic acids is 1. The van der Waals surface area contributed by atoms with Gasteiger partial charge in [0.2, 0.25) is 0 Å². The standard InChI is InChI=1S/C15H21NO3/c17-14(18)9-5-11-16-10-4-8-13(16)15(19)12-6-2-1-3-7-12/h1-3,6-7,13,15,19H,4-5,8-11H2,(H,17,18). The van der Waals surface area contributed by atoms with Crippen molar-refractivity contribution in [3.05, 3.63) is 35.9 Å². The number of aliphatic hydroxyl groups excluding tert-OH is 1. The Hall–Kier alpha value is -1.39. The van der Waals surface area contributed by atoms with Crippen molar-refractivity contribution in [2.75, 3.05) is 13.1 Å². The van der Waals surface area contributed by atoms with Crippen molar-refractivity contribution in [1.82, 2.24) is 4.90 Å². The van der Waals surface area contributed by atoms with Gasteiger partial charge in [0, 0.05) is 12.5 Å². The van der Waals surface area contributed by atoms with Crippen LogP contribution in [0.4, 0.5) is 0 Å². The maximum Gasteiger partial charge on any atom is 0.303 e. The van der Waals surface area contributed by atoms with Gasteiger partial charge in [0.1, 0.15) is 0 Å². The maximum atomic E-state index is 10.5. The molecule has 2 unspecified atom stereocenters. The molecule has 0 spiro atoms. The normalized spacial score (nSPS) is 21.4. The van der Waals surface area contributed by atoms with Crippen LogP contribution in [0.3, 0.4) is 0 Å². The molecule has 19 heavy (non-hydrogen) atoms. The summed E-state index contributed by atoms with van der Waals surface area (Å²) in [5, 5.41) is 19.1. The lowest BCUT2D eigenvalue weighted by molar-refractivity contribution is -0.137. The molecule has 1 aromatic rings. The van der Waals surface area contributed by atoms with E-state index in [1.54, 1.807) is 0 Å². The van der Waals surface area contributed by atoms with Crippen LogP contribution in [0.5, 0.6) is 0 Å². The van der Waals surface area contributed by atoms with Crippen LogP contribution in [0.2, 0.25) is 0 Å². The zero-order valence-electron chi connectivity index (χ0n) is 11.0. The molecule has 2 rings (SSSR count). The second kappa shape index (κ2) is 6.68. The van der Waals surface area contributed by atoms with Gasteiger partial charge in [-0.3, -0.25) is 9.69 Å². The molecule has 1 saturated heterocycles. The zero-order valence-corrected chi connectivity index (χ0v) is 11.0. The van der Waals surface area contributed by atoms with Crippen molar-refractivity contribution in [3.8, 4) is 0 Å². The van der Waals surface area contributed by atoms with E-state index in [0.717, 1.165) is 31.5 Å². The second-order valence-electron chi connectivity index (χ2n) is 5.10. The Kier molecular flexibility index (Phi) is 4.93. The number of rotatable bonds is 6. The molecule has 0 radical (unpaired) electrons. The molecule has 2 N–H and O–H groups in total. The van der Waals surface area contributed by atoms with E-state index in [1.807, 2.05) is 30.3 Å². The second-order valence-corrected chi connectivity index (χ2v) is 5.10. The Morgan fingerprint density at radius 3 is 2.79 bits per heavy atom. The molecule has 104 valence electrons. The molecule has 1 aliphatic rings. The third-order valence-electron chi connectivity index (χ3n) is 3.76. The minimum atomic E-state index is -0.751. The number of benzene rings is 1. The van der Waals surface area contributed by atoms with Crippen LogP contribution in [0, 0.1) is 0 Å². The van der Waals surface area contributed by atoms with Gasteiger partial charge in [-0.25, -0.2) is 0 Å². The van der Waals surface area contributed by atoms with Crippen molar-refractivity contribution in [3.63, 3.8) is 0 Å². The number of carboxylic acids is 1. The molecular weight excluding hydrogens is 242 g/mol. The van der Waals surface area contributed by atoms with E-state index in [-0.39, 0.29) is 12.5 Å². The predicted molar refractivity (Wildman–Crippen MR) is 72.9 cm³/mol. The van der Waals surface area contributed by atoms with E-state index < -0.39 is 12.1 Å². The molecule has 1 fully saturated rings. The van der Waals surface area contributed by atoms with Crippen LogP contribution >= 0.6 is 0 Å². The lowest BCUT2D eigenvalue weighted by Gasteiger charge is -2.28. The number of likely N-dealkylation sites (tertiary alicyclic amines) is 1. The van der Waals surface area contributed by atoms with E-state index in [2.05, 4.69) is 4.90 Å². The summed E-state index contributed by atoms with van der Waals surface area (Å²) in [5.41, 5.74) is 0.942. The van der Waals surface area contributed by atoms with E-state index in [9.17, 15) is 9.90 Å². The quantitative estimate of drug-likeness (QED) is 0.824. The third-order valence-corrected chi connectivity index (χ3v) is 3.76. The molecule has 4 heteroatoms. The highest BCUT2D eigenvalue weighted by molar-refractivity contribution is 5.66. The molecular formula is C15H21NO3. The first-order chi connectivity index (χ1) is 9.18. The Labute approximate surface area is 113 Å². The van der Waals surface area contributed by atoms with Crippen molar-refractivity contribution in [1.29, 1.82) is 0 Å². The average Bonchev–Trinajstić information content (AvgIpc) is 2.87. The Balaban J connectivity index is 1.92. The first-order valence-electron chi connectivity index (χ1n) is 6.87. The molecule has 0 amide bonds. The number of aliphatic hydroxyl groups is 1. The van der Waals surface area contributed by atoms with Gasteiger partial charge < -0.3 is 10.2 Å². The van der Waals surface area contributed by atoms with Crippen LogP contribution < -0.4 is 0 Å². The fourth-order valence-electron chi connectivity index (χ4n) is 2.79. The van der Waals surface area contributed by atoms with Crippen LogP contribution in [0.1, 0.15) is 37.4 Å². The highest BCUT2D eigenvalue weighted by Gasteiger charge is 2.30. The number of hydrogen-bond donors (Lipinski definition) is 2. The molecule has 2 atom stereocenters. The predicted octanol–water partition coefficient (Wildman–Crippen LogP) is 2.05. The molecule has 0 bridgehead atoms. The third kappa shape index (κ3) is 3.78. The molecule has 1 aliphatic heterocycles. The summed E-state index contributed by atoms with van der Waals surface area (Å²) in [7, 11) is 0. The van der Waals surface area contributed by atoms with Gasteiger partial charge >= 0.3 is 5.97 Å². The molecule has 1 aromatic carbocycles. The molecule has 4 nitrogen and oxygen atoms in total. The van der Waals surface area contributed by atoms with Gasteiger partial charge in [0.05, 0.1) is 6.10 Å². The number of nitrogens with zero attached hydrogens (tertiary/aromatic N) is 1. The van der Waals surface area contributed by atoms with Crippen molar-refractivity contribution in [2.24, 2.45) is 0 Å². The van der Waals surface area contributed by atoms with Gasteiger partial charge in [-0.05, 0) is 37.9 Å². The summed E-state index contributed by atoms with van der Waals surface area (Å²) >= 11 is 0. The largest absolute Gasteiger partial charge is 0.481 e. The maximum absolute atomic E-state index is 10.5. The van der Waals surface area contributed by atoms with Crippen molar-refractivity contribution in [2.45, 2.75) is 37.8 Å². The number of hydrogen-bond acceptors (Lipinski definition) is 3. The molecule has 0 saturated carbocycles. The van der Waals surface area contributed by atoms with Gasteiger partial charge in [-0.15, -0.1) is 0 Å². The lowest BCUT2D eigenvalue weighted by atomic mass is 10.0. The minimum Gasteiger partial charge on any atom is -0.481 e. The van der Waals surface area contributed by atoms with E-state index >= 15 is 0 Å². The van der Waals surface area contributed by atoms with Crippen molar-refractivity contribution >= 4 is 5.97 Å². The first-order valence-corrected chi connectivity index (χ1v) is 6.87. The van der Waals surface area contributed by atoms with Crippen LogP contribution in [-0.4, -0.2) is 40.2 Å². The molecule has 0 aliphatic carbocycles. The first kappa shape index (κ1) is 14.0. The number of carboxylic acid groups (broad SMARTS) is 1. The van der Waals surface area contributed by atoms with Crippen LogP contribution in [0.15, 0.2) is 30.3 Å². The topological polar surface area (TPSA) is 60.8 Å². The Bertz CT molecular complexity index is 407. The fraction of sp³-hybridized carbons (Fsp3) is 0.533. The average molecular weight is 263 g/mol. The van der Waals surface area contributed by atoms with Crippen LogP contribution in [-0.2, 0) is 4.79 Å². The summed E-state index contributed by atoms with van der Waals surface area (Å²) in [6.07, 6.45) is 2.41. The summed E-state index contributed by atoms with van der Waals surface area (Å²) in [6.45, 7) is 1.70. The fourth-order valence-corrected chi connectivity index (χ4v) is 2.79. The summed E-state index contributed by atoms with van der Waals surface area (Å²) in [6, 6.07) is 9.81. The van der Waals surface area contributed by atoms with E-state index in [4.69, 9.17) is 5.11 Å². The Morgan fingerprint density at radius 2 is 2.11 bits per heavy atom. The summed E-state index contributed by atoms with van der Waals surface area (Å²) in [4.78, 5) is 12.8. The Morgan fingerprint density at radius 1 is 1.37 bits per heavy atom. The monoisotopic (exact) mass is 263 g/mol. The minimum absolute atomic E-state index is 0.121. The van der Waals surface area contributed by atoms with Gasteiger partial charge in [0.25, 0.3) is 0 Å². The smallest absolute Gasteiger partial charge is 0.303 e. The van der Waals surface area contributed by atoms with Gasteiger partial charge in [-0.2, -0.15) is 0 Å². The SMILES string of the molecule is O=C(O)CCCN1CCCC1C(O)c1ccccc1. The highest BCUT2D eigenvalue weighted by atomic mass is 16.4. The van der Waals surface area contributed by atoms with E-state index in [0.29, 0.717) is 6.42 Å². The highest BCUT2D eigenvalue weighted by Crippen LogP contribution is 2.29. The van der Waals surface area contributed by atoms with E-state index in [1.165, 1.54) is 0 Å². The van der Waals surface area contributed by atoms with Gasteiger partial charge in [-0.1, -0.05) is 30.3 Å². The van der Waals surface area contributed by atoms with Crippen molar-refractivity contribution < 1.29 is 15.0 Å². The molecule has 0 aromatic heterocycles. The number of carbonyl (C=O) groups is 1. The molecule has 1 heterocycles. The zero-order chi connectivity index (χ0) is 13.7. The van der Waals surface area contributed by atoms with Gasteiger partial charge in [0.15, 0.2) is 0 Å². The lowest BCUT2D eigenvalue weighted by Crippen LogP contribution is -2.35. The van der Waals surface area contributed by atoms with Crippen LogP contribution in [0.25, 0.3) is 0 Å². The summed E-state index contributed by atoms with van der Waals surface area (Å²) in [5.74, 6) is -0.751.